The van der Waals surface area contributed by atoms with Crippen molar-refractivity contribution in [2.75, 3.05) is 39.6 Å². The summed E-state index contributed by atoms with van der Waals surface area (Å²) in [6.07, 6.45) is 4.66. The molecule has 8 nitrogen and oxygen atoms in total. The highest BCUT2D eigenvalue weighted by molar-refractivity contribution is 7.24. The third-order valence-corrected chi connectivity index (χ3v) is 6.50. The van der Waals surface area contributed by atoms with Crippen LogP contribution in [0.1, 0.15) is 26.7 Å². The standard InChI is InChI=1S/C28H32O8S/c1-3-5-8-13-32-14-15-33-18-26(29)35-17-20(4-2)36-27(30)19-34-21-11-12-25-23(16-21)28(31)22-9-6-7-10-24(22)37-25/h3,5-7,9-12,16,20H,4,8,13-15,17-19H2,1-2H3/b5-3+. The molecule has 1 unspecified atom stereocenters. The number of rotatable bonds is 15. The molecule has 9 heteroatoms. The van der Waals surface area contributed by atoms with Crippen LogP contribution in [0.15, 0.2) is 59.4 Å². The fourth-order valence-electron chi connectivity index (χ4n) is 3.39. The Morgan fingerprint density at radius 1 is 0.946 bits per heavy atom. The van der Waals surface area contributed by atoms with Gasteiger partial charge >= 0.3 is 11.9 Å². The van der Waals surface area contributed by atoms with E-state index in [-0.39, 0.29) is 31.9 Å². The molecule has 37 heavy (non-hydrogen) atoms. The van der Waals surface area contributed by atoms with Crippen molar-refractivity contribution in [2.45, 2.75) is 32.8 Å². The molecule has 0 bridgehead atoms. The van der Waals surface area contributed by atoms with Crippen molar-refractivity contribution < 1.29 is 33.3 Å². The lowest BCUT2D eigenvalue weighted by Crippen LogP contribution is -2.28. The van der Waals surface area contributed by atoms with Gasteiger partial charge in [-0.05, 0) is 50.1 Å². The van der Waals surface area contributed by atoms with Gasteiger partial charge in [0, 0.05) is 20.2 Å². The van der Waals surface area contributed by atoms with E-state index in [0.29, 0.717) is 36.2 Å². The smallest absolute Gasteiger partial charge is 0.344 e. The summed E-state index contributed by atoms with van der Waals surface area (Å²) in [5, 5.41) is 1.19. The first-order valence-corrected chi connectivity index (χ1v) is 13.0. The molecule has 0 aliphatic heterocycles. The normalized spacial score (nSPS) is 12.2. The first-order valence-electron chi connectivity index (χ1n) is 12.2. The van der Waals surface area contributed by atoms with Gasteiger partial charge in [-0.25, -0.2) is 9.59 Å². The number of fused-ring (bicyclic) bond motifs is 2. The highest BCUT2D eigenvalue weighted by Crippen LogP contribution is 2.27. The Morgan fingerprint density at radius 2 is 1.73 bits per heavy atom. The van der Waals surface area contributed by atoms with E-state index in [1.165, 1.54) is 11.3 Å². The van der Waals surface area contributed by atoms with Crippen LogP contribution in [0.4, 0.5) is 0 Å². The molecular weight excluding hydrogens is 496 g/mol. The van der Waals surface area contributed by atoms with Gasteiger partial charge in [0.05, 0.1) is 19.8 Å². The van der Waals surface area contributed by atoms with Crippen LogP contribution < -0.4 is 10.2 Å². The fourth-order valence-corrected chi connectivity index (χ4v) is 4.44. The number of ether oxygens (including phenoxy) is 5. The average Bonchev–Trinajstić information content (AvgIpc) is 2.91. The zero-order valence-corrected chi connectivity index (χ0v) is 21.9. The minimum atomic E-state index is -0.604. The molecular formula is C28H32O8S. The van der Waals surface area contributed by atoms with Crippen LogP contribution >= 0.6 is 11.3 Å². The molecule has 0 aliphatic carbocycles. The molecule has 0 saturated heterocycles. The van der Waals surface area contributed by atoms with E-state index in [2.05, 4.69) is 0 Å². The molecule has 0 fully saturated rings. The zero-order chi connectivity index (χ0) is 26.5. The van der Waals surface area contributed by atoms with E-state index >= 15 is 0 Å². The predicted octanol–water partition coefficient (Wildman–Crippen LogP) is 4.66. The Bertz CT molecular complexity index is 1270. The molecule has 0 aliphatic rings. The zero-order valence-electron chi connectivity index (χ0n) is 21.1. The second-order valence-corrected chi connectivity index (χ2v) is 9.18. The van der Waals surface area contributed by atoms with E-state index in [1.54, 1.807) is 24.3 Å². The third kappa shape index (κ3) is 8.96. The van der Waals surface area contributed by atoms with Crippen LogP contribution in [0.3, 0.4) is 0 Å². The molecule has 1 aromatic heterocycles. The van der Waals surface area contributed by atoms with Crippen LogP contribution in [0.5, 0.6) is 5.75 Å². The van der Waals surface area contributed by atoms with Crippen LogP contribution in [0, 0.1) is 0 Å². The molecule has 1 heterocycles. The van der Waals surface area contributed by atoms with Crippen molar-refractivity contribution in [1.29, 1.82) is 0 Å². The van der Waals surface area contributed by atoms with Gasteiger partial charge in [-0.1, -0.05) is 31.2 Å². The third-order valence-electron chi connectivity index (χ3n) is 5.34. The Hall–Kier alpha value is -3.27. The highest BCUT2D eigenvalue weighted by Gasteiger charge is 2.16. The maximum absolute atomic E-state index is 12.8. The Labute approximate surface area is 219 Å². The van der Waals surface area contributed by atoms with Crippen molar-refractivity contribution in [1.82, 2.24) is 0 Å². The average molecular weight is 529 g/mol. The maximum atomic E-state index is 12.8. The van der Waals surface area contributed by atoms with Gasteiger partial charge in [0.15, 0.2) is 12.0 Å². The summed E-state index contributed by atoms with van der Waals surface area (Å²) < 4.78 is 28.4. The number of hydrogen-bond donors (Lipinski definition) is 0. The Balaban J connectivity index is 1.40. The van der Waals surface area contributed by atoms with E-state index in [9.17, 15) is 14.4 Å². The summed E-state index contributed by atoms with van der Waals surface area (Å²) in [5.41, 5.74) is -0.0776. The molecule has 198 valence electrons. The Morgan fingerprint density at radius 3 is 2.54 bits per heavy atom. The number of allylic oxidation sites excluding steroid dienone is 1. The van der Waals surface area contributed by atoms with Gasteiger partial charge in [-0.2, -0.15) is 0 Å². The van der Waals surface area contributed by atoms with Gasteiger partial charge in [0.2, 0.25) is 0 Å². The molecule has 0 spiro atoms. The molecule has 3 rings (SSSR count). The number of benzene rings is 2. The number of carbonyl (C=O) groups excluding carboxylic acids is 2. The van der Waals surface area contributed by atoms with Crippen LogP contribution in [0.2, 0.25) is 0 Å². The van der Waals surface area contributed by atoms with Gasteiger partial charge in [0.1, 0.15) is 25.1 Å². The summed E-state index contributed by atoms with van der Waals surface area (Å²) in [4.78, 5) is 37.0. The second kappa shape index (κ2) is 15.1. The molecule has 0 amide bonds. The van der Waals surface area contributed by atoms with Gasteiger partial charge in [-0.3, -0.25) is 4.79 Å². The highest BCUT2D eigenvalue weighted by atomic mass is 32.1. The topological polar surface area (TPSA) is 97.4 Å². The summed E-state index contributed by atoms with van der Waals surface area (Å²) in [5.74, 6) is -0.748. The number of carbonyl (C=O) groups is 2. The lowest BCUT2D eigenvalue weighted by Gasteiger charge is -2.16. The molecule has 0 radical (unpaired) electrons. The number of hydrogen-bond acceptors (Lipinski definition) is 9. The monoisotopic (exact) mass is 528 g/mol. The van der Waals surface area contributed by atoms with Gasteiger partial charge in [-0.15, -0.1) is 11.3 Å². The summed E-state index contributed by atoms with van der Waals surface area (Å²) in [7, 11) is 0. The molecule has 3 aromatic rings. The summed E-state index contributed by atoms with van der Waals surface area (Å²) >= 11 is 1.52. The lowest BCUT2D eigenvalue weighted by molar-refractivity contribution is -0.163. The van der Waals surface area contributed by atoms with Gasteiger partial charge < -0.3 is 23.7 Å². The molecule has 1 atom stereocenters. The van der Waals surface area contributed by atoms with Crippen molar-refractivity contribution in [3.63, 3.8) is 0 Å². The van der Waals surface area contributed by atoms with E-state index < -0.39 is 18.0 Å². The Kier molecular flexibility index (Phi) is 11.5. The molecule has 0 N–H and O–H groups in total. The minimum Gasteiger partial charge on any atom is -0.482 e. The maximum Gasteiger partial charge on any atom is 0.344 e. The molecule has 2 aromatic carbocycles. The lowest BCUT2D eigenvalue weighted by atomic mass is 10.2. The van der Waals surface area contributed by atoms with E-state index in [1.807, 2.05) is 44.2 Å². The first-order chi connectivity index (χ1) is 18.0. The van der Waals surface area contributed by atoms with Gasteiger partial charge in [0.25, 0.3) is 0 Å². The van der Waals surface area contributed by atoms with E-state index in [4.69, 9.17) is 23.7 Å². The molecule has 0 saturated carbocycles. The largest absolute Gasteiger partial charge is 0.482 e. The summed E-state index contributed by atoms with van der Waals surface area (Å²) in [6, 6.07) is 12.6. The second-order valence-electron chi connectivity index (χ2n) is 8.10. The van der Waals surface area contributed by atoms with Crippen LogP contribution in [0.25, 0.3) is 20.2 Å². The van der Waals surface area contributed by atoms with Crippen LogP contribution in [-0.2, 0) is 28.5 Å². The first kappa shape index (κ1) is 28.3. The minimum absolute atomic E-state index is 0.0751. The fraction of sp³-hybridized carbons (Fsp3) is 0.393. The van der Waals surface area contributed by atoms with Crippen molar-refractivity contribution in [3.05, 3.63) is 64.8 Å². The summed E-state index contributed by atoms with van der Waals surface area (Å²) in [6.45, 7) is 4.43. The number of esters is 2. The van der Waals surface area contributed by atoms with Crippen LogP contribution in [-0.4, -0.2) is 57.7 Å². The van der Waals surface area contributed by atoms with E-state index in [0.717, 1.165) is 15.8 Å². The SMILES string of the molecule is C/C=C/CCOCCOCC(=O)OCC(CC)OC(=O)COc1ccc2sc3ccccc3c(=O)c2c1. The van der Waals surface area contributed by atoms with Crippen molar-refractivity contribution in [3.8, 4) is 5.75 Å². The predicted molar refractivity (Wildman–Crippen MR) is 143 cm³/mol. The quantitative estimate of drug-likeness (QED) is 0.122. The van der Waals surface area contributed by atoms with Crippen molar-refractivity contribution in [2.24, 2.45) is 0 Å². The van der Waals surface area contributed by atoms with Crippen molar-refractivity contribution >= 4 is 43.4 Å².